The van der Waals surface area contributed by atoms with E-state index in [9.17, 15) is 8.42 Å². The number of hydrogen-bond acceptors (Lipinski definition) is 5. The molecule has 18 heavy (non-hydrogen) atoms. The molecule has 0 atom stereocenters. The van der Waals surface area contributed by atoms with Gasteiger partial charge in [0.2, 0.25) is 5.88 Å². The molecule has 1 aromatic heterocycles. The Morgan fingerprint density at radius 1 is 1.22 bits per heavy atom. The minimum absolute atomic E-state index is 0.217. The Morgan fingerprint density at radius 2 is 1.83 bits per heavy atom. The summed E-state index contributed by atoms with van der Waals surface area (Å²) in [4.78, 5) is 0.302. The Labute approximate surface area is 106 Å². The Morgan fingerprint density at radius 3 is 2.28 bits per heavy atom. The quantitative estimate of drug-likeness (QED) is 0.919. The third kappa shape index (κ3) is 2.11. The van der Waals surface area contributed by atoms with Crippen LogP contribution < -0.4 is 5.73 Å². The van der Waals surface area contributed by atoms with E-state index < -0.39 is 15.1 Å². The first-order valence-electron chi connectivity index (χ1n) is 5.47. The molecule has 2 aromatic rings. The van der Waals surface area contributed by atoms with Gasteiger partial charge in [-0.3, -0.25) is 0 Å². The van der Waals surface area contributed by atoms with Crippen molar-refractivity contribution in [1.29, 1.82) is 0 Å². The Hall–Kier alpha value is -1.82. The SMILES string of the molecule is CC(C)S(=O)(=O)c1ccc(-c2cnoc2N)cc1. The van der Waals surface area contributed by atoms with E-state index in [1.807, 2.05) is 0 Å². The Bertz CT molecular complexity index is 642. The number of benzene rings is 1. The van der Waals surface area contributed by atoms with E-state index in [1.54, 1.807) is 38.1 Å². The normalized spacial score (nSPS) is 11.9. The zero-order valence-electron chi connectivity index (χ0n) is 10.1. The lowest BCUT2D eigenvalue weighted by Gasteiger charge is -2.08. The van der Waals surface area contributed by atoms with Crippen molar-refractivity contribution < 1.29 is 12.9 Å². The number of nitrogens with zero attached hydrogens (tertiary/aromatic N) is 1. The predicted molar refractivity (Wildman–Crippen MR) is 68.7 cm³/mol. The van der Waals surface area contributed by atoms with E-state index >= 15 is 0 Å². The zero-order valence-corrected chi connectivity index (χ0v) is 10.9. The third-order valence-electron chi connectivity index (χ3n) is 2.71. The number of rotatable bonds is 3. The molecule has 1 aromatic carbocycles. The van der Waals surface area contributed by atoms with Gasteiger partial charge in [0, 0.05) is 0 Å². The molecule has 1 heterocycles. The fourth-order valence-corrected chi connectivity index (χ4v) is 2.62. The zero-order chi connectivity index (χ0) is 13.3. The molecule has 5 nitrogen and oxygen atoms in total. The van der Waals surface area contributed by atoms with Crippen LogP contribution in [0, 0.1) is 0 Å². The van der Waals surface area contributed by atoms with Crippen LogP contribution >= 0.6 is 0 Å². The van der Waals surface area contributed by atoms with E-state index in [-0.39, 0.29) is 5.88 Å². The molecule has 0 radical (unpaired) electrons. The van der Waals surface area contributed by atoms with Crippen molar-refractivity contribution in [3.8, 4) is 11.1 Å². The molecule has 0 aliphatic rings. The second-order valence-electron chi connectivity index (χ2n) is 4.22. The topological polar surface area (TPSA) is 86.2 Å². The van der Waals surface area contributed by atoms with Crippen LogP contribution in [0.2, 0.25) is 0 Å². The number of anilines is 1. The van der Waals surface area contributed by atoms with Crippen LogP contribution in [-0.4, -0.2) is 18.8 Å². The smallest absolute Gasteiger partial charge is 0.229 e. The van der Waals surface area contributed by atoms with E-state index in [0.29, 0.717) is 10.5 Å². The summed E-state index contributed by atoms with van der Waals surface area (Å²) in [5.41, 5.74) is 7.03. The molecule has 0 saturated carbocycles. The molecule has 96 valence electrons. The van der Waals surface area contributed by atoms with Gasteiger partial charge in [0.25, 0.3) is 0 Å². The van der Waals surface area contributed by atoms with Gasteiger partial charge in [0.05, 0.1) is 21.9 Å². The standard InChI is InChI=1S/C12H14N2O3S/c1-8(2)18(15,16)10-5-3-9(4-6-10)11-7-14-17-12(11)13/h3-8H,13H2,1-2H3. The average molecular weight is 266 g/mol. The van der Waals surface area contributed by atoms with Gasteiger partial charge in [-0.1, -0.05) is 17.3 Å². The first kappa shape index (κ1) is 12.6. The highest BCUT2D eigenvalue weighted by Gasteiger charge is 2.19. The highest BCUT2D eigenvalue weighted by atomic mass is 32.2. The lowest BCUT2D eigenvalue weighted by Crippen LogP contribution is -2.13. The maximum Gasteiger partial charge on any atom is 0.229 e. The summed E-state index contributed by atoms with van der Waals surface area (Å²) in [5.74, 6) is 0.217. The summed E-state index contributed by atoms with van der Waals surface area (Å²) < 4.78 is 28.6. The molecule has 0 unspecified atom stereocenters. The maximum absolute atomic E-state index is 11.9. The van der Waals surface area contributed by atoms with Gasteiger partial charge >= 0.3 is 0 Å². The van der Waals surface area contributed by atoms with Crippen molar-refractivity contribution in [1.82, 2.24) is 5.16 Å². The highest BCUT2D eigenvalue weighted by molar-refractivity contribution is 7.92. The minimum Gasteiger partial charge on any atom is -0.367 e. The maximum atomic E-state index is 11.9. The molecular weight excluding hydrogens is 252 g/mol. The Balaban J connectivity index is 2.41. The first-order chi connectivity index (χ1) is 8.43. The van der Waals surface area contributed by atoms with E-state index in [1.165, 1.54) is 6.20 Å². The van der Waals surface area contributed by atoms with Gasteiger partial charge in [0.1, 0.15) is 0 Å². The molecule has 6 heteroatoms. The van der Waals surface area contributed by atoms with Crippen molar-refractivity contribution in [3.63, 3.8) is 0 Å². The third-order valence-corrected chi connectivity index (χ3v) is 4.88. The van der Waals surface area contributed by atoms with Crippen molar-refractivity contribution in [2.45, 2.75) is 24.0 Å². The molecule has 0 aliphatic heterocycles. The summed E-state index contributed by atoms with van der Waals surface area (Å²) in [6.45, 7) is 3.31. The second kappa shape index (κ2) is 4.45. The van der Waals surface area contributed by atoms with Crippen LogP contribution in [0.4, 0.5) is 5.88 Å². The van der Waals surface area contributed by atoms with Crippen molar-refractivity contribution in [2.75, 3.05) is 5.73 Å². The fourth-order valence-electron chi connectivity index (χ4n) is 1.56. The summed E-state index contributed by atoms with van der Waals surface area (Å²) in [6.07, 6.45) is 1.50. The second-order valence-corrected chi connectivity index (χ2v) is 6.73. The highest BCUT2D eigenvalue weighted by Crippen LogP contribution is 2.27. The van der Waals surface area contributed by atoms with Crippen molar-refractivity contribution in [2.24, 2.45) is 0 Å². The predicted octanol–water partition coefficient (Wildman–Crippen LogP) is 2.11. The summed E-state index contributed by atoms with van der Waals surface area (Å²) in [7, 11) is -3.24. The number of nitrogen functional groups attached to an aromatic ring is 1. The van der Waals surface area contributed by atoms with Crippen LogP contribution in [0.25, 0.3) is 11.1 Å². The number of nitrogens with two attached hydrogens (primary N) is 1. The van der Waals surface area contributed by atoms with Crippen LogP contribution in [0.15, 0.2) is 39.9 Å². The van der Waals surface area contributed by atoms with Gasteiger partial charge in [0.15, 0.2) is 9.84 Å². The molecule has 0 fully saturated rings. The fraction of sp³-hybridized carbons (Fsp3) is 0.250. The molecule has 0 bridgehead atoms. The molecular formula is C12H14N2O3S. The van der Waals surface area contributed by atoms with Gasteiger partial charge in [-0.2, -0.15) is 0 Å². The van der Waals surface area contributed by atoms with Crippen LogP contribution in [0.3, 0.4) is 0 Å². The van der Waals surface area contributed by atoms with Gasteiger partial charge in [-0.25, -0.2) is 8.42 Å². The van der Waals surface area contributed by atoms with Gasteiger partial charge in [-0.15, -0.1) is 0 Å². The summed E-state index contributed by atoms with van der Waals surface area (Å²) >= 11 is 0. The van der Waals surface area contributed by atoms with Crippen LogP contribution in [0.5, 0.6) is 0 Å². The lowest BCUT2D eigenvalue weighted by molar-refractivity contribution is 0.436. The minimum atomic E-state index is -3.24. The van der Waals surface area contributed by atoms with E-state index in [0.717, 1.165) is 5.56 Å². The number of sulfone groups is 1. The first-order valence-corrected chi connectivity index (χ1v) is 7.02. The molecule has 2 rings (SSSR count). The molecule has 0 spiro atoms. The average Bonchev–Trinajstić information content (AvgIpc) is 2.75. The molecule has 2 N–H and O–H groups in total. The number of aromatic nitrogens is 1. The summed E-state index contributed by atoms with van der Waals surface area (Å²) in [5, 5.41) is 3.14. The van der Waals surface area contributed by atoms with Gasteiger partial charge < -0.3 is 10.3 Å². The van der Waals surface area contributed by atoms with E-state index in [4.69, 9.17) is 10.3 Å². The largest absolute Gasteiger partial charge is 0.367 e. The Kier molecular flexibility index (Phi) is 3.13. The molecule has 0 saturated heterocycles. The molecule has 0 amide bonds. The van der Waals surface area contributed by atoms with Crippen molar-refractivity contribution >= 4 is 15.7 Å². The molecule has 0 aliphatic carbocycles. The van der Waals surface area contributed by atoms with Crippen LogP contribution in [0.1, 0.15) is 13.8 Å². The number of hydrogen-bond donors (Lipinski definition) is 1. The monoisotopic (exact) mass is 266 g/mol. The van der Waals surface area contributed by atoms with Crippen LogP contribution in [-0.2, 0) is 9.84 Å². The van der Waals surface area contributed by atoms with Crippen molar-refractivity contribution in [3.05, 3.63) is 30.5 Å². The van der Waals surface area contributed by atoms with E-state index in [2.05, 4.69) is 5.16 Å². The lowest BCUT2D eigenvalue weighted by atomic mass is 10.1. The van der Waals surface area contributed by atoms with Gasteiger partial charge in [-0.05, 0) is 31.5 Å². The summed E-state index contributed by atoms with van der Waals surface area (Å²) in [6, 6.07) is 6.52.